The van der Waals surface area contributed by atoms with Crippen LogP contribution in [0.1, 0.15) is 37.1 Å². The number of aryl methyl sites for hydroxylation is 1. The molecule has 1 aliphatic rings. The van der Waals surface area contributed by atoms with E-state index in [1.165, 1.54) is 24.2 Å². The van der Waals surface area contributed by atoms with Gasteiger partial charge in [0.1, 0.15) is 5.82 Å². The highest BCUT2D eigenvalue weighted by Gasteiger charge is 2.31. The number of aromatic nitrogens is 3. The van der Waals surface area contributed by atoms with Crippen LogP contribution < -0.4 is 16.4 Å². The predicted octanol–water partition coefficient (Wildman–Crippen LogP) is 2.57. The molecule has 0 spiro atoms. The topological polar surface area (TPSA) is 97.9 Å². The van der Waals surface area contributed by atoms with E-state index in [4.69, 9.17) is 5.73 Å². The van der Waals surface area contributed by atoms with E-state index in [-0.39, 0.29) is 6.03 Å². The molecule has 7 nitrogen and oxygen atoms in total. The van der Waals surface area contributed by atoms with Gasteiger partial charge in [0.15, 0.2) is 5.13 Å². The Morgan fingerprint density at radius 3 is 3.00 bits per heavy atom. The number of anilines is 2. The van der Waals surface area contributed by atoms with Crippen LogP contribution in [0.5, 0.6) is 0 Å². The van der Waals surface area contributed by atoms with E-state index in [0.29, 0.717) is 30.1 Å². The summed E-state index contributed by atoms with van der Waals surface area (Å²) in [5.74, 6) is 1.45. The first-order valence-electron chi connectivity index (χ1n) is 7.83. The van der Waals surface area contributed by atoms with Crippen molar-refractivity contribution in [2.75, 3.05) is 17.6 Å². The van der Waals surface area contributed by atoms with Gasteiger partial charge in [0, 0.05) is 23.9 Å². The highest BCUT2D eigenvalue weighted by molar-refractivity contribution is 7.13. The molecule has 1 atom stereocenters. The number of hydrogen-bond donors (Lipinski definition) is 3. The van der Waals surface area contributed by atoms with E-state index >= 15 is 0 Å². The largest absolute Gasteiger partial charge is 0.375 e. The lowest BCUT2D eigenvalue weighted by Crippen LogP contribution is -2.32. The van der Waals surface area contributed by atoms with Gasteiger partial charge < -0.3 is 11.1 Å². The van der Waals surface area contributed by atoms with Crippen LogP contribution in [-0.4, -0.2) is 27.3 Å². The number of rotatable bonds is 6. The number of nitrogen functional groups attached to an aromatic ring is 1. The highest BCUT2D eigenvalue weighted by atomic mass is 32.1. The van der Waals surface area contributed by atoms with Crippen molar-refractivity contribution in [2.24, 2.45) is 5.92 Å². The van der Waals surface area contributed by atoms with E-state index in [1.807, 2.05) is 17.0 Å². The fourth-order valence-corrected chi connectivity index (χ4v) is 3.18. The fraction of sp³-hybridized carbons (Fsp3) is 0.533. The normalized spacial score (nSPS) is 15.4. The zero-order valence-electron chi connectivity index (χ0n) is 13.4. The molecule has 2 heterocycles. The van der Waals surface area contributed by atoms with Crippen LogP contribution in [0.25, 0.3) is 0 Å². The van der Waals surface area contributed by atoms with Gasteiger partial charge >= 0.3 is 6.03 Å². The zero-order valence-corrected chi connectivity index (χ0v) is 14.2. The molecule has 0 radical (unpaired) electrons. The second kappa shape index (κ2) is 6.57. The Balaban J connectivity index is 1.54. The number of nitrogens with zero attached hydrogens (tertiary/aromatic N) is 3. The molecule has 1 aliphatic carbocycles. The summed E-state index contributed by atoms with van der Waals surface area (Å²) < 4.78 is 1.92. The Kier molecular flexibility index (Phi) is 4.51. The lowest BCUT2D eigenvalue weighted by atomic mass is 10.2. The van der Waals surface area contributed by atoms with Crippen LogP contribution >= 0.6 is 11.3 Å². The second-order valence-electron chi connectivity index (χ2n) is 6.01. The van der Waals surface area contributed by atoms with E-state index in [2.05, 4.69) is 27.6 Å². The Bertz CT molecular complexity index is 690. The van der Waals surface area contributed by atoms with Crippen molar-refractivity contribution in [3.05, 3.63) is 22.8 Å². The smallest absolute Gasteiger partial charge is 0.320 e. The van der Waals surface area contributed by atoms with Gasteiger partial charge in [-0.05, 0) is 32.6 Å². The lowest BCUT2D eigenvalue weighted by molar-refractivity contribution is 0.252. The second-order valence-corrected chi connectivity index (χ2v) is 6.90. The number of nitrogens with one attached hydrogen (secondary N) is 2. The van der Waals surface area contributed by atoms with Gasteiger partial charge in [-0.3, -0.25) is 5.32 Å². The van der Waals surface area contributed by atoms with Crippen molar-refractivity contribution in [3.8, 4) is 0 Å². The monoisotopic (exact) mass is 334 g/mol. The Morgan fingerprint density at radius 2 is 2.35 bits per heavy atom. The van der Waals surface area contributed by atoms with Crippen molar-refractivity contribution in [3.63, 3.8) is 0 Å². The van der Waals surface area contributed by atoms with Crippen LogP contribution in [0.3, 0.4) is 0 Å². The number of carbonyl (C=O) groups is 1. The molecule has 2 aromatic heterocycles. The maximum Gasteiger partial charge on any atom is 0.320 e. The van der Waals surface area contributed by atoms with Crippen LogP contribution in [0.2, 0.25) is 0 Å². The Hall–Kier alpha value is -2.09. The SMILES string of the molecule is Cc1cnn([C@H](C)C2CC2)c1NC(=O)NCCc1csc(N)n1. The molecule has 1 fully saturated rings. The molecule has 23 heavy (non-hydrogen) atoms. The summed E-state index contributed by atoms with van der Waals surface area (Å²) in [7, 11) is 0. The van der Waals surface area contributed by atoms with Crippen molar-refractivity contribution < 1.29 is 4.79 Å². The summed E-state index contributed by atoms with van der Waals surface area (Å²) in [6.45, 7) is 4.62. The summed E-state index contributed by atoms with van der Waals surface area (Å²) in [6, 6.07) is 0.0954. The third-order valence-corrected chi connectivity index (χ3v) is 4.86. The van der Waals surface area contributed by atoms with Crippen LogP contribution in [-0.2, 0) is 6.42 Å². The van der Waals surface area contributed by atoms with Gasteiger partial charge in [0.05, 0.1) is 17.9 Å². The summed E-state index contributed by atoms with van der Waals surface area (Å²) in [6.07, 6.45) is 4.94. The minimum atomic E-state index is -0.221. The number of carbonyl (C=O) groups excluding carboxylic acids is 1. The van der Waals surface area contributed by atoms with Gasteiger partial charge in [-0.25, -0.2) is 14.5 Å². The highest BCUT2D eigenvalue weighted by Crippen LogP contribution is 2.40. The van der Waals surface area contributed by atoms with Gasteiger partial charge in [-0.2, -0.15) is 5.10 Å². The molecule has 8 heteroatoms. The van der Waals surface area contributed by atoms with Gasteiger partial charge in [0.25, 0.3) is 0 Å². The molecule has 0 saturated heterocycles. The molecule has 124 valence electrons. The molecular weight excluding hydrogens is 312 g/mol. The first kappa shape index (κ1) is 15.8. The van der Waals surface area contributed by atoms with Crippen molar-refractivity contribution in [2.45, 2.75) is 39.2 Å². The molecule has 0 aliphatic heterocycles. The minimum absolute atomic E-state index is 0.221. The lowest BCUT2D eigenvalue weighted by Gasteiger charge is -2.16. The van der Waals surface area contributed by atoms with E-state index in [0.717, 1.165) is 17.1 Å². The molecule has 3 rings (SSSR count). The average molecular weight is 334 g/mol. The summed E-state index contributed by atoms with van der Waals surface area (Å²) in [5, 5.41) is 12.6. The van der Waals surface area contributed by atoms with E-state index in [1.54, 1.807) is 6.20 Å². The molecular formula is C15H22N6OS. The number of hydrogen-bond acceptors (Lipinski definition) is 5. The summed E-state index contributed by atoms with van der Waals surface area (Å²) in [4.78, 5) is 16.3. The average Bonchev–Trinajstić information content (AvgIpc) is 3.20. The maximum atomic E-state index is 12.1. The van der Waals surface area contributed by atoms with E-state index in [9.17, 15) is 4.79 Å². The molecule has 0 aromatic carbocycles. The Labute approximate surface area is 139 Å². The molecule has 2 aromatic rings. The van der Waals surface area contributed by atoms with E-state index < -0.39 is 0 Å². The molecule has 1 saturated carbocycles. The van der Waals surface area contributed by atoms with Gasteiger partial charge in [-0.15, -0.1) is 11.3 Å². The number of amides is 2. The summed E-state index contributed by atoms with van der Waals surface area (Å²) in [5.41, 5.74) is 7.46. The van der Waals surface area contributed by atoms with Crippen LogP contribution in [0.4, 0.5) is 15.7 Å². The number of thiazole rings is 1. The van der Waals surface area contributed by atoms with Gasteiger partial charge in [0.2, 0.25) is 0 Å². The molecule has 0 bridgehead atoms. The number of urea groups is 1. The Morgan fingerprint density at radius 1 is 1.57 bits per heavy atom. The van der Waals surface area contributed by atoms with Crippen LogP contribution in [0, 0.1) is 12.8 Å². The van der Waals surface area contributed by atoms with Gasteiger partial charge in [-0.1, -0.05) is 0 Å². The predicted molar refractivity (Wildman–Crippen MR) is 91.7 cm³/mol. The summed E-state index contributed by atoms with van der Waals surface area (Å²) >= 11 is 1.41. The minimum Gasteiger partial charge on any atom is -0.375 e. The third-order valence-electron chi connectivity index (χ3n) is 4.14. The quantitative estimate of drug-likeness (QED) is 0.756. The molecule has 4 N–H and O–H groups in total. The first-order chi connectivity index (χ1) is 11.0. The molecule has 2 amide bonds. The molecule has 0 unspecified atom stereocenters. The van der Waals surface area contributed by atoms with Crippen molar-refractivity contribution in [1.29, 1.82) is 0 Å². The van der Waals surface area contributed by atoms with Crippen LogP contribution in [0.15, 0.2) is 11.6 Å². The maximum absolute atomic E-state index is 12.1. The zero-order chi connectivity index (χ0) is 16.4. The number of nitrogens with two attached hydrogens (primary N) is 1. The van der Waals surface area contributed by atoms with Crippen molar-refractivity contribution in [1.82, 2.24) is 20.1 Å². The first-order valence-corrected chi connectivity index (χ1v) is 8.71. The third kappa shape index (κ3) is 3.82. The standard InChI is InChI=1S/C15H22N6OS/c1-9-7-18-21(10(2)11-3-4-11)13(9)20-15(22)17-6-5-12-8-23-14(16)19-12/h7-8,10-11H,3-6H2,1-2H3,(H2,16,19)(H2,17,20,22)/t10-/m1/s1. The van der Waals surface area contributed by atoms with Crippen molar-refractivity contribution >= 4 is 28.3 Å². The fourth-order valence-electron chi connectivity index (χ4n) is 2.58.